The number of rotatable bonds is 9. The van der Waals surface area contributed by atoms with Gasteiger partial charge in [0.1, 0.15) is 6.20 Å². The Labute approximate surface area is 250 Å². The van der Waals surface area contributed by atoms with Crippen LogP contribution in [0.15, 0.2) is 69.6 Å². The monoisotopic (exact) mass is 788 g/mol. The normalized spacial score (nSPS) is 9.95. The Morgan fingerprint density at radius 3 is 1.73 bits per heavy atom. The fraction of sp³-hybridized carbons (Fsp3) is 0.261. The van der Waals surface area contributed by atoms with Crippen molar-refractivity contribution in [3.63, 3.8) is 0 Å². The summed E-state index contributed by atoms with van der Waals surface area (Å²) in [7, 11) is 0. The van der Waals surface area contributed by atoms with E-state index in [4.69, 9.17) is 1.37 Å². The summed E-state index contributed by atoms with van der Waals surface area (Å²) < 4.78 is 16.2. The van der Waals surface area contributed by atoms with Crippen LogP contribution in [0, 0.1) is 30.3 Å². The van der Waals surface area contributed by atoms with Gasteiger partial charge in [-0.05, 0) is 4.92 Å². The van der Waals surface area contributed by atoms with Gasteiger partial charge in [0.05, 0.1) is 6.20 Å². The average Bonchev–Trinajstić information content (AvgIpc) is 3.74. The maximum atomic E-state index is 10.6. The molecule has 0 aromatic carbocycles. The van der Waals surface area contributed by atoms with E-state index in [9.17, 15) is 30.3 Å². The SMILES string of the molecule is C.C.O=[N+]([O-])c1ncc[nH]1.O=[N+]([O-])c1nccn1CCc1ccc[te]1.[2H]c1ccc(CCn2ccnc2[N+](=O)[O-])[te]1. The molecule has 5 heterocycles. The fourth-order valence-corrected chi connectivity index (χ4v) is 6.73. The molecule has 5 aromatic rings. The second kappa shape index (κ2) is 17.9. The summed E-state index contributed by atoms with van der Waals surface area (Å²) in [5.41, 5.74) is 0. The van der Waals surface area contributed by atoms with Crippen molar-refractivity contribution in [2.75, 3.05) is 0 Å². The fourth-order valence-electron chi connectivity index (χ4n) is 2.97. The van der Waals surface area contributed by atoms with Gasteiger partial charge in [0.2, 0.25) is 0 Å². The molecule has 1 N–H and O–H groups in total. The number of nitrogens with zero attached hydrogens (tertiary/aromatic N) is 8. The summed E-state index contributed by atoms with van der Waals surface area (Å²) in [6.07, 6.45) is 10.6. The van der Waals surface area contributed by atoms with Crippen LogP contribution in [0.3, 0.4) is 0 Å². The third-order valence-corrected chi connectivity index (χ3v) is 9.79. The average molecular weight is 784 g/mol. The standard InChI is InChI=1S/2C9H9N3O2Te.C3H3N3O2.2CH4/c2*13-12(14)9-10-4-6-11(9)5-3-8-2-1-7-15-8;7-6(8)3-4-1-2-5-3;;/h2*1-2,4,6-7H,3,5H2;1-2H,(H,4,5);2*1H4/i7D;;;;. The molecule has 0 saturated heterocycles. The topological polar surface area (TPSA) is 194 Å². The van der Waals surface area contributed by atoms with Crippen molar-refractivity contribution in [3.05, 3.63) is 107 Å². The Bertz CT molecular complexity index is 1480. The number of aromatic amines is 1. The van der Waals surface area contributed by atoms with Crippen molar-refractivity contribution in [1.29, 1.82) is 0 Å². The van der Waals surface area contributed by atoms with Crippen molar-refractivity contribution < 1.29 is 16.1 Å². The Hall–Kier alpha value is -3.63. The summed E-state index contributed by atoms with van der Waals surface area (Å²) >= 11 is -0.609. The van der Waals surface area contributed by atoms with Gasteiger partial charge in [-0.25, -0.2) is 4.98 Å². The molecule has 5 aromatic heterocycles. The Balaban J connectivity index is 0.000000315. The molecule has 0 aliphatic rings. The van der Waals surface area contributed by atoms with Crippen molar-refractivity contribution >= 4 is 58.7 Å². The van der Waals surface area contributed by atoms with E-state index in [1.807, 2.05) is 12.1 Å². The van der Waals surface area contributed by atoms with E-state index in [2.05, 4.69) is 36.2 Å². The first-order valence-electron chi connectivity index (χ1n) is 11.3. The van der Waals surface area contributed by atoms with Gasteiger partial charge in [0.15, 0.2) is 0 Å². The number of nitrogens with one attached hydrogen (secondary N) is 1. The number of hydrogen-bond donors (Lipinski definition) is 1. The molecule has 214 valence electrons. The summed E-state index contributed by atoms with van der Waals surface area (Å²) in [6.45, 7) is 1.21. The van der Waals surface area contributed by atoms with Crippen LogP contribution in [0.1, 0.15) is 23.4 Å². The van der Waals surface area contributed by atoms with Crippen LogP contribution in [0.4, 0.5) is 17.8 Å². The van der Waals surface area contributed by atoms with Gasteiger partial charge in [-0.3, -0.25) is 0 Å². The van der Waals surface area contributed by atoms with Crippen LogP contribution in [-0.2, 0) is 25.9 Å². The predicted octanol–water partition coefficient (Wildman–Crippen LogP) is 3.77. The Morgan fingerprint density at radius 1 is 0.800 bits per heavy atom. The zero-order valence-corrected chi connectivity index (χ0v) is 24.2. The van der Waals surface area contributed by atoms with E-state index in [-0.39, 0.29) is 53.1 Å². The number of aryl methyl sites for hydroxylation is 4. The van der Waals surface area contributed by atoms with Crippen molar-refractivity contribution in [1.82, 2.24) is 29.1 Å². The molecule has 40 heavy (non-hydrogen) atoms. The summed E-state index contributed by atoms with van der Waals surface area (Å²) in [5.74, 6) is -0.398. The van der Waals surface area contributed by atoms with E-state index in [1.54, 1.807) is 17.0 Å². The molecule has 0 fully saturated rings. The number of imidazole rings is 3. The summed E-state index contributed by atoms with van der Waals surface area (Å²) in [4.78, 5) is 42.5. The maximum absolute atomic E-state index is 10.6. The Morgan fingerprint density at radius 2 is 1.35 bits per heavy atom. The number of nitro groups is 3. The van der Waals surface area contributed by atoms with E-state index in [0.717, 1.165) is 16.9 Å². The van der Waals surface area contributed by atoms with Crippen LogP contribution < -0.4 is 0 Å². The third-order valence-electron chi connectivity index (χ3n) is 4.68. The van der Waals surface area contributed by atoms with E-state index >= 15 is 0 Å². The van der Waals surface area contributed by atoms with E-state index < -0.39 is 35.2 Å². The van der Waals surface area contributed by atoms with Crippen molar-refractivity contribution in [2.24, 2.45) is 0 Å². The molecule has 0 aliphatic carbocycles. The van der Waals surface area contributed by atoms with Gasteiger partial charge in [-0.1, -0.05) is 19.8 Å². The first kappa shape index (κ1) is 32.6. The van der Waals surface area contributed by atoms with Crippen molar-refractivity contribution in [3.8, 4) is 0 Å². The molecule has 0 atom stereocenters. The van der Waals surface area contributed by atoms with E-state index in [0.29, 0.717) is 13.1 Å². The predicted molar refractivity (Wildman–Crippen MR) is 151 cm³/mol. The van der Waals surface area contributed by atoms with Gasteiger partial charge >= 0.3 is 200 Å². The molecule has 0 amide bonds. The molecule has 0 aliphatic heterocycles. The van der Waals surface area contributed by atoms with Gasteiger partial charge in [0, 0.05) is 0 Å². The van der Waals surface area contributed by atoms with Crippen LogP contribution >= 0.6 is 0 Å². The molecule has 0 bridgehead atoms. The Kier molecular flexibility index (Phi) is 14.5. The molecule has 0 unspecified atom stereocenters. The first-order chi connectivity index (χ1) is 18.7. The van der Waals surface area contributed by atoms with Crippen LogP contribution in [-0.4, -0.2) is 84.7 Å². The van der Waals surface area contributed by atoms with Crippen LogP contribution in [0.25, 0.3) is 0 Å². The van der Waals surface area contributed by atoms with Gasteiger partial charge in [0.25, 0.3) is 0 Å². The van der Waals surface area contributed by atoms with Gasteiger partial charge < -0.3 is 10.1 Å². The first-order valence-corrected chi connectivity index (χ1v) is 15.6. The van der Waals surface area contributed by atoms with Gasteiger partial charge in [-0.2, -0.15) is 0 Å². The zero-order chi connectivity index (χ0) is 28.2. The number of hydrogen-bond acceptors (Lipinski definition) is 9. The van der Waals surface area contributed by atoms with Crippen LogP contribution in [0.5, 0.6) is 0 Å². The molecule has 15 nitrogen and oxygen atoms in total. The molecule has 0 saturated carbocycles. The van der Waals surface area contributed by atoms with Gasteiger partial charge in [-0.15, -0.1) is 0 Å². The molecule has 0 spiro atoms. The molecular weight excluding hydrogens is 754 g/mol. The molecule has 5 rings (SSSR count). The quantitative estimate of drug-likeness (QED) is 0.132. The summed E-state index contributed by atoms with van der Waals surface area (Å²) in [5, 5.41) is 31.0. The third kappa shape index (κ3) is 10.9. The van der Waals surface area contributed by atoms with Crippen LogP contribution in [0.2, 0.25) is 0 Å². The minimum absolute atomic E-state index is 0. The van der Waals surface area contributed by atoms with E-state index in [1.165, 1.54) is 36.5 Å². The molecule has 0 radical (unpaired) electrons. The molecular formula is C23H29N9O6Te2. The molecule has 17 heteroatoms. The van der Waals surface area contributed by atoms with Crippen molar-refractivity contribution in [2.45, 2.75) is 40.8 Å². The zero-order valence-electron chi connectivity index (χ0n) is 20.5. The second-order valence-electron chi connectivity index (χ2n) is 7.12. The number of H-pyrrole nitrogens is 1. The number of aromatic nitrogens is 6. The minimum atomic E-state index is -0.583. The summed E-state index contributed by atoms with van der Waals surface area (Å²) in [6, 6.07) is 7.97. The second-order valence-corrected chi connectivity index (χ2v) is 12.8.